The Hall–Kier alpha value is -0.430. The van der Waals surface area contributed by atoms with Gasteiger partial charge in [0.1, 0.15) is 5.17 Å². The van der Waals surface area contributed by atoms with Gasteiger partial charge in [-0.15, -0.1) is 11.3 Å². The van der Waals surface area contributed by atoms with Gasteiger partial charge in [0.2, 0.25) is 0 Å². The Morgan fingerprint density at radius 3 is 2.65 bits per heavy atom. The van der Waals surface area contributed by atoms with Crippen LogP contribution in [0, 0.1) is 5.41 Å². The van der Waals surface area contributed by atoms with Gasteiger partial charge >= 0.3 is 14.1 Å². The van der Waals surface area contributed by atoms with E-state index in [9.17, 15) is 0 Å². The molecule has 0 saturated carbocycles. The predicted molar refractivity (Wildman–Crippen MR) is 97.9 cm³/mol. The van der Waals surface area contributed by atoms with Crippen molar-refractivity contribution in [3.05, 3.63) is 21.9 Å². The van der Waals surface area contributed by atoms with Crippen molar-refractivity contribution < 1.29 is 9.31 Å². The average Bonchev–Trinajstić information content (AvgIpc) is 3.46. The molecule has 0 aromatic carbocycles. The molecule has 0 bridgehead atoms. The first kappa shape index (κ1) is 14.9. The number of hydrogen-bond donors (Lipinski definition) is 0. The van der Waals surface area contributed by atoms with E-state index in [1.54, 1.807) is 0 Å². The smallest absolute Gasteiger partial charge is 0.418 e. The number of nitrogens with zero attached hydrogens (tertiary/aromatic N) is 2. The lowest BCUT2D eigenvalue weighted by atomic mass is 9.61. The van der Waals surface area contributed by atoms with Crippen molar-refractivity contribution in [3.63, 3.8) is 0 Å². The van der Waals surface area contributed by atoms with E-state index < -0.39 is 0 Å². The van der Waals surface area contributed by atoms with Crippen LogP contribution in [0.2, 0.25) is 0 Å². The summed E-state index contributed by atoms with van der Waals surface area (Å²) in [5.74, 6) is 1.12. The second-order valence-electron chi connectivity index (χ2n) is 7.48. The number of thioether (sulfide) groups is 1. The van der Waals surface area contributed by atoms with Gasteiger partial charge in [-0.25, -0.2) is 0 Å². The normalized spacial score (nSPS) is 31.0. The molecular weight excluding hydrogens is 326 g/mol. The van der Waals surface area contributed by atoms with E-state index >= 15 is 0 Å². The van der Waals surface area contributed by atoms with Crippen molar-refractivity contribution in [1.29, 1.82) is 0 Å². The Labute approximate surface area is 146 Å². The molecule has 1 spiro atoms. The predicted octanol–water partition coefficient (Wildman–Crippen LogP) is 2.83. The van der Waals surface area contributed by atoms with Gasteiger partial charge in [0.15, 0.2) is 0 Å². The maximum atomic E-state index is 5.56. The molecule has 4 nitrogen and oxygen atoms in total. The molecule has 4 heterocycles. The minimum absolute atomic E-state index is 0.0802. The molecule has 2 fully saturated rings. The van der Waals surface area contributed by atoms with Gasteiger partial charge in [0, 0.05) is 10.6 Å². The third-order valence-electron chi connectivity index (χ3n) is 5.74. The van der Waals surface area contributed by atoms with Crippen molar-refractivity contribution in [1.82, 2.24) is 4.72 Å². The highest BCUT2D eigenvalue weighted by molar-refractivity contribution is 8.14. The first-order valence-electron chi connectivity index (χ1n) is 8.42. The number of thiophene rings is 1. The number of rotatable bonds is 2. The monoisotopic (exact) mass is 346 g/mol. The van der Waals surface area contributed by atoms with E-state index in [1.165, 1.54) is 23.3 Å². The highest BCUT2D eigenvalue weighted by Crippen LogP contribution is 2.56. The van der Waals surface area contributed by atoms with E-state index in [-0.39, 0.29) is 25.1 Å². The topological polar surface area (TPSA) is 40.7 Å². The summed E-state index contributed by atoms with van der Waals surface area (Å²) in [6.45, 7) is 6.41. The second kappa shape index (κ2) is 5.04. The zero-order chi connectivity index (χ0) is 15.7. The summed E-state index contributed by atoms with van der Waals surface area (Å²) in [7, 11) is 0.357. The molecule has 1 aromatic rings. The summed E-state index contributed by atoms with van der Waals surface area (Å²) in [5.41, 5.74) is 1.58. The van der Waals surface area contributed by atoms with Gasteiger partial charge in [-0.3, -0.25) is 4.99 Å². The largest absolute Gasteiger partial charge is 0.431 e. The standard InChI is InChI=1S/C15H20B2N2O2S2/c1-14(2)5-3-12-11(4-7-22-12)15(14)6-8-23-13(18-15)19(16-9-20-16)17-10-21-17/h4,7H,3,5-6,8-10H2,1-2H3. The van der Waals surface area contributed by atoms with Crippen LogP contribution in [0.4, 0.5) is 0 Å². The molecule has 3 aliphatic heterocycles. The summed E-state index contributed by atoms with van der Waals surface area (Å²) >= 11 is 3.77. The Morgan fingerprint density at radius 2 is 1.96 bits per heavy atom. The quantitative estimate of drug-likeness (QED) is 0.610. The SMILES string of the molecule is CC1(C)CCc2sccc2C12CCSC(N(B1CO1)B1CO1)=N2. The van der Waals surface area contributed by atoms with Crippen molar-refractivity contribution in [2.75, 3.05) is 18.8 Å². The van der Waals surface area contributed by atoms with E-state index in [0.29, 0.717) is 0 Å². The molecule has 2 saturated heterocycles. The number of hydrogen-bond acceptors (Lipinski definition) is 6. The Morgan fingerprint density at radius 1 is 1.22 bits per heavy atom. The molecule has 0 radical (unpaired) electrons. The lowest BCUT2D eigenvalue weighted by molar-refractivity contribution is 0.133. The highest BCUT2D eigenvalue weighted by Gasteiger charge is 2.56. The molecule has 0 amide bonds. The average molecular weight is 346 g/mol. The van der Waals surface area contributed by atoms with Crippen molar-refractivity contribution in [3.8, 4) is 0 Å². The van der Waals surface area contributed by atoms with Crippen LogP contribution >= 0.6 is 23.1 Å². The third kappa shape index (κ3) is 2.25. The Kier molecular flexibility index (Phi) is 3.26. The molecule has 5 rings (SSSR count). The lowest BCUT2D eigenvalue weighted by Crippen LogP contribution is -2.50. The fourth-order valence-corrected chi connectivity index (χ4v) is 6.23. The fraction of sp³-hybridized carbons (Fsp3) is 0.667. The molecule has 0 N–H and O–H groups in total. The molecule has 4 aliphatic rings. The van der Waals surface area contributed by atoms with Crippen LogP contribution in [-0.4, -0.2) is 42.8 Å². The van der Waals surface area contributed by atoms with E-state index in [2.05, 4.69) is 30.0 Å². The van der Waals surface area contributed by atoms with Crippen LogP contribution in [0.25, 0.3) is 0 Å². The van der Waals surface area contributed by atoms with Crippen LogP contribution in [0.3, 0.4) is 0 Å². The molecule has 1 atom stereocenters. The van der Waals surface area contributed by atoms with Gasteiger partial charge in [0.25, 0.3) is 0 Å². The number of aliphatic imine (C=N–C) groups is 1. The third-order valence-corrected chi connectivity index (χ3v) is 7.69. The van der Waals surface area contributed by atoms with Crippen molar-refractivity contribution in [2.24, 2.45) is 10.4 Å². The molecular formula is C15H20B2N2O2S2. The molecule has 8 heteroatoms. The Balaban J connectivity index is 1.62. The van der Waals surface area contributed by atoms with Crippen LogP contribution in [0.15, 0.2) is 16.4 Å². The number of amidine groups is 1. The van der Waals surface area contributed by atoms with Crippen molar-refractivity contribution >= 4 is 42.4 Å². The summed E-state index contributed by atoms with van der Waals surface area (Å²) in [4.78, 5) is 6.95. The first-order valence-corrected chi connectivity index (χ1v) is 10.3. The molecule has 1 aromatic heterocycles. The summed E-state index contributed by atoms with van der Waals surface area (Å²) in [6, 6.07) is 2.32. The number of fused-ring (bicyclic) bond motifs is 2. The maximum Gasteiger partial charge on any atom is 0.431 e. The second-order valence-corrected chi connectivity index (χ2v) is 9.54. The number of aryl methyl sites for hydroxylation is 1. The Bertz CT molecular complexity index is 660. The fourth-order valence-electron chi connectivity index (χ4n) is 4.10. The van der Waals surface area contributed by atoms with Crippen LogP contribution in [0.5, 0.6) is 0 Å². The molecule has 120 valence electrons. The van der Waals surface area contributed by atoms with Crippen LogP contribution < -0.4 is 0 Å². The zero-order valence-corrected chi connectivity index (χ0v) is 15.2. The summed E-state index contributed by atoms with van der Waals surface area (Å²) in [5, 5.41) is 3.38. The minimum Gasteiger partial charge on any atom is -0.418 e. The molecule has 1 unspecified atom stereocenters. The first-order chi connectivity index (χ1) is 11.1. The summed E-state index contributed by atoms with van der Waals surface area (Å²) in [6.07, 6.45) is 3.53. The van der Waals surface area contributed by atoms with Gasteiger partial charge in [-0.2, -0.15) is 0 Å². The highest BCUT2D eigenvalue weighted by atomic mass is 32.2. The maximum absolute atomic E-state index is 5.56. The van der Waals surface area contributed by atoms with Crippen molar-refractivity contribution in [2.45, 2.75) is 38.6 Å². The minimum atomic E-state index is -0.0802. The van der Waals surface area contributed by atoms with E-state index in [1.807, 2.05) is 23.1 Å². The van der Waals surface area contributed by atoms with Gasteiger partial charge < -0.3 is 14.0 Å². The zero-order valence-electron chi connectivity index (χ0n) is 13.6. The van der Waals surface area contributed by atoms with Crippen LogP contribution in [-0.2, 0) is 21.3 Å². The van der Waals surface area contributed by atoms with Gasteiger partial charge in [0.05, 0.1) is 18.6 Å². The summed E-state index contributed by atoms with van der Waals surface area (Å²) < 4.78 is 13.4. The molecule has 1 aliphatic carbocycles. The lowest BCUT2D eigenvalue weighted by Gasteiger charge is -2.50. The van der Waals surface area contributed by atoms with E-state index in [0.717, 1.165) is 30.4 Å². The molecule has 23 heavy (non-hydrogen) atoms. The van der Waals surface area contributed by atoms with Gasteiger partial charge in [-0.05, 0) is 41.7 Å². The van der Waals surface area contributed by atoms with E-state index in [4.69, 9.17) is 14.3 Å². The van der Waals surface area contributed by atoms with Gasteiger partial charge in [-0.1, -0.05) is 25.6 Å². The van der Waals surface area contributed by atoms with Crippen LogP contribution in [0.1, 0.15) is 37.1 Å².